The van der Waals surface area contributed by atoms with Gasteiger partial charge in [-0.2, -0.15) is 0 Å². The third kappa shape index (κ3) is 3.54. The van der Waals surface area contributed by atoms with Gasteiger partial charge in [-0.15, -0.1) is 11.8 Å². The highest BCUT2D eigenvalue weighted by molar-refractivity contribution is 7.99. The van der Waals surface area contributed by atoms with Gasteiger partial charge in [0.15, 0.2) is 5.44 Å². The third-order valence-electron chi connectivity index (χ3n) is 3.91. The molecule has 0 unspecified atom stereocenters. The van der Waals surface area contributed by atoms with E-state index in [-0.39, 0.29) is 11.6 Å². The zero-order chi connectivity index (χ0) is 17.3. The van der Waals surface area contributed by atoms with Crippen molar-refractivity contribution in [2.45, 2.75) is 30.7 Å². The maximum absolute atomic E-state index is 13.4. The minimum absolute atomic E-state index is 0.270. The Morgan fingerprint density at radius 3 is 2.67 bits per heavy atom. The minimum atomic E-state index is -1.24. The molecule has 1 saturated heterocycles. The first-order valence-corrected chi connectivity index (χ1v) is 8.54. The highest BCUT2D eigenvalue weighted by atomic mass is 32.2. The SMILES string of the molecule is Cc1cc(-c2cncc(O[C@H]3SC[C@@H](O)[C@H](O)[C@H]3O)c2)ccc1F. The number of rotatable bonds is 3. The van der Waals surface area contributed by atoms with Crippen molar-refractivity contribution in [1.29, 1.82) is 0 Å². The third-order valence-corrected chi connectivity index (χ3v) is 5.15. The smallest absolute Gasteiger partial charge is 0.173 e. The van der Waals surface area contributed by atoms with Crippen molar-refractivity contribution in [2.75, 3.05) is 5.75 Å². The summed E-state index contributed by atoms with van der Waals surface area (Å²) in [7, 11) is 0. The second-order valence-corrected chi connectivity index (χ2v) is 6.87. The lowest BCUT2D eigenvalue weighted by molar-refractivity contribution is -0.0786. The maximum Gasteiger partial charge on any atom is 0.173 e. The predicted octanol–water partition coefficient (Wildman–Crippen LogP) is 1.73. The van der Waals surface area contributed by atoms with Gasteiger partial charge in [-0.25, -0.2) is 4.39 Å². The molecular weight excluding hydrogens is 333 g/mol. The molecule has 1 aromatic heterocycles. The highest BCUT2D eigenvalue weighted by Crippen LogP contribution is 2.31. The molecule has 0 amide bonds. The number of aromatic nitrogens is 1. The molecule has 0 bridgehead atoms. The fourth-order valence-electron chi connectivity index (χ4n) is 2.48. The molecule has 5 nitrogen and oxygen atoms in total. The fourth-order valence-corrected chi connectivity index (χ4v) is 3.60. The Morgan fingerprint density at radius 2 is 1.92 bits per heavy atom. The molecule has 24 heavy (non-hydrogen) atoms. The molecule has 3 rings (SSSR count). The first-order chi connectivity index (χ1) is 11.5. The van der Waals surface area contributed by atoms with Crippen molar-refractivity contribution >= 4 is 11.8 Å². The van der Waals surface area contributed by atoms with Crippen molar-refractivity contribution in [2.24, 2.45) is 0 Å². The van der Waals surface area contributed by atoms with Crippen molar-refractivity contribution in [3.63, 3.8) is 0 Å². The molecule has 0 saturated carbocycles. The van der Waals surface area contributed by atoms with E-state index in [1.165, 1.54) is 24.0 Å². The van der Waals surface area contributed by atoms with Crippen LogP contribution in [0.25, 0.3) is 11.1 Å². The lowest BCUT2D eigenvalue weighted by Gasteiger charge is -2.34. The largest absolute Gasteiger partial charge is 0.475 e. The first kappa shape index (κ1) is 17.2. The first-order valence-electron chi connectivity index (χ1n) is 7.50. The molecule has 0 radical (unpaired) electrons. The van der Waals surface area contributed by atoms with Gasteiger partial charge in [-0.3, -0.25) is 4.98 Å². The Kier molecular flexibility index (Phi) is 5.05. The topological polar surface area (TPSA) is 82.8 Å². The summed E-state index contributed by atoms with van der Waals surface area (Å²) >= 11 is 1.22. The molecule has 1 aliphatic rings. The number of hydrogen-bond acceptors (Lipinski definition) is 6. The average molecular weight is 351 g/mol. The summed E-state index contributed by atoms with van der Waals surface area (Å²) in [6.07, 6.45) is -0.272. The van der Waals surface area contributed by atoms with Crippen LogP contribution in [0.5, 0.6) is 5.75 Å². The molecule has 1 fully saturated rings. The van der Waals surface area contributed by atoms with Crippen LogP contribution in [0, 0.1) is 12.7 Å². The van der Waals surface area contributed by atoms with Crippen LogP contribution in [-0.4, -0.2) is 49.8 Å². The Labute approximate surface area is 143 Å². The minimum Gasteiger partial charge on any atom is -0.475 e. The van der Waals surface area contributed by atoms with Crippen molar-refractivity contribution in [3.8, 4) is 16.9 Å². The van der Waals surface area contributed by atoms with Gasteiger partial charge >= 0.3 is 0 Å². The van der Waals surface area contributed by atoms with E-state index in [1.807, 2.05) is 0 Å². The molecule has 1 aromatic carbocycles. The van der Waals surface area contributed by atoms with E-state index < -0.39 is 23.7 Å². The van der Waals surface area contributed by atoms with Gasteiger partial charge in [-0.1, -0.05) is 6.07 Å². The fraction of sp³-hybridized carbons (Fsp3) is 0.353. The van der Waals surface area contributed by atoms with Crippen LogP contribution in [0.3, 0.4) is 0 Å². The number of pyridine rings is 1. The Morgan fingerprint density at radius 1 is 1.12 bits per heavy atom. The standard InChI is InChI=1S/C17H18FNO4S/c1-9-4-10(2-3-13(9)18)11-5-12(7-19-6-11)23-17-16(22)15(21)14(20)8-24-17/h2-7,14-17,20-22H,8H2,1H3/t14-,15+,16-,17+/m1/s1. The number of aryl methyl sites for hydroxylation is 1. The second-order valence-electron chi connectivity index (χ2n) is 5.74. The number of thioether (sulfide) groups is 1. The highest BCUT2D eigenvalue weighted by Gasteiger charge is 2.38. The number of nitrogens with zero attached hydrogens (tertiary/aromatic N) is 1. The number of aliphatic hydroxyl groups excluding tert-OH is 3. The van der Waals surface area contributed by atoms with Crippen LogP contribution >= 0.6 is 11.8 Å². The molecule has 2 heterocycles. The van der Waals surface area contributed by atoms with Crippen molar-refractivity contribution in [1.82, 2.24) is 4.98 Å². The summed E-state index contributed by atoms with van der Waals surface area (Å²) in [4.78, 5) is 4.12. The van der Waals surface area contributed by atoms with Crippen LogP contribution < -0.4 is 4.74 Å². The molecule has 2 aromatic rings. The van der Waals surface area contributed by atoms with Gasteiger partial charge < -0.3 is 20.1 Å². The van der Waals surface area contributed by atoms with Gasteiger partial charge in [-0.05, 0) is 36.2 Å². The summed E-state index contributed by atoms with van der Waals surface area (Å²) in [6.45, 7) is 1.69. The van der Waals surface area contributed by atoms with Crippen LogP contribution in [0.15, 0.2) is 36.7 Å². The van der Waals surface area contributed by atoms with E-state index >= 15 is 0 Å². The van der Waals surface area contributed by atoms with Crippen molar-refractivity contribution < 1.29 is 24.4 Å². The molecule has 7 heteroatoms. The summed E-state index contributed by atoms with van der Waals surface area (Å²) in [5.74, 6) is 0.427. The van der Waals surface area contributed by atoms with Crippen LogP contribution in [0.1, 0.15) is 5.56 Å². The number of halogens is 1. The quantitative estimate of drug-likeness (QED) is 0.781. The van der Waals surface area contributed by atoms with Gasteiger partial charge in [0.25, 0.3) is 0 Å². The van der Waals surface area contributed by atoms with Gasteiger partial charge in [0.1, 0.15) is 23.8 Å². The molecular formula is C17H18FNO4S. The van der Waals surface area contributed by atoms with E-state index in [2.05, 4.69) is 4.98 Å². The molecule has 0 spiro atoms. The number of hydrogen-bond donors (Lipinski definition) is 3. The zero-order valence-corrected chi connectivity index (χ0v) is 13.8. The Balaban J connectivity index is 1.79. The number of aliphatic hydroxyl groups is 3. The summed E-state index contributed by atoms with van der Waals surface area (Å²) < 4.78 is 19.1. The van der Waals surface area contributed by atoms with E-state index in [0.29, 0.717) is 11.3 Å². The normalized spacial score (nSPS) is 27.0. The molecule has 128 valence electrons. The maximum atomic E-state index is 13.4. The van der Waals surface area contributed by atoms with Crippen molar-refractivity contribution in [3.05, 3.63) is 48.0 Å². The van der Waals surface area contributed by atoms with Gasteiger partial charge in [0.05, 0.1) is 12.3 Å². The van der Waals surface area contributed by atoms with E-state index in [1.54, 1.807) is 31.3 Å². The average Bonchev–Trinajstić information content (AvgIpc) is 2.58. The van der Waals surface area contributed by atoms with E-state index in [0.717, 1.165) is 11.1 Å². The summed E-state index contributed by atoms with van der Waals surface area (Å²) in [5, 5.41) is 29.3. The number of ether oxygens (including phenoxy) is 1. The van der Waals surface area contributed by atoms with Gasteiger partial charge in [0, 0.05) is 17.5 Å². The van der Waals surface area contributed by atoms with E-state index in [9.17, 15) is 19.7 Å². The lowest BCUT2D eigenvalue weighted by atomic mass is 10.0. The summed E-state index contributed by atoms with van der Waals surface area (Å²) in [5.41, 5.74) is 1.40. The van der Waals surface area contributed by atoms with Gasteiger partial charge in [0.2, 0.25) is 0 Å². The molecule has 1 aliphatic heterocycles. The number of benzene rings is 1. The van der Waals surface area contributed by atoms with Crippen LogP contribution in [0.2, 0.25) is 0 Å². The van der Waals surface area contributed by atoms with Crippen LogP contribution in [0.4, 0.5) is 4.39 Å². The van der Waals surface area contributed by atoms with E-state index in [4.69, 9.17) is 4.74 Å². The molecule has 4 atom stereocenters. The second kappa shape index (κ2) is 7.06. The monoisotopic (exact) mass is 351 g/mol. The molecule has 3 N–H and O–H groups in total. The van der Waals surface area contributed by atoms with Crippen LogP contribution in [-0.2, 0) is 0 Å². The summed E-state index contributed by atoms with van der Waals surface area (Å²) in [6, 6.07) is 6.52. The molecule has 0 aliphatic carbocycles. The lowest BCUT2D eigenvalue weighted by Crippen LogP contribution is -2.50. The Hall–Kier alpha value is -1.67. The predicted molar refractivity (Wildman–Crippen MR) is 89.3 cm³/mol. The zero-order valence-electron chi connectivity index (χ0n) is 13.0. The Bertz CT molecular complexity index is 729.